The zero-order valence-electron chi connectivity index (χ0n) is 8.69. The zero-order chi connectivity index (χ0) is 11.1. The second kappa shape index (κ2) is 5.80. The lowest BCUT2D eigenvalue weighted by Crippen LogP contribution is -2.10. The molecule has 1 aromatic rings. The van der Waals surface area contributed by atoms with Gasteiger partial charge in [0.2, 0.25) is 0 Å². The van der Waals surface area contributed by atoms with Crippen LogP contribution in [-0.4, -0.2) is 24.6 Å². The van der Waals surface area contributed by atoms with Crippen LogP contribution in [0.25, 0.3) is 0 Å². The van der Waals surface area contributed by atoms with Crippen molar-refractivity contribution in [2.45, 2.75) is 6.42 Å². The minimum Gasteiger partial charge on any atom is -0.465 e. The number of ether oxygens (including phenoxy) is 1. The van der Waals surface area contributed by atoms with Crippen LogP contribution in [0.4, 0.5) is 5.82 Å². The Morgan fingerprint density at radius 3 is 3.20 bits per heavy atom. The number of nitrogens with one attached hydrogen (secondary N) is 1. The average molecular weight is 206 g/mol. The van der Waals surface area contributed by atoms with Crippen molar-refractivity contribution >= 4 is 11.8 Å². The fraction of sp³-hybridized carbons (Fsp3) is 0.273. The summed E-state index contributed by atoms with van der Waals surface area (Å²) in [7, 11) is 1.35. The molecule has 1 aromatic heterocycles. The maximum absolute atomic E-state index is 11.3. The van der Waals surface area contributed by atoms with Crippen LogP contribution in [-0.2, 0) is 4.74 Å². The first-order valence-electron chi connectivity index (χ1n) is 4.67. The molecular weight excluding hydrogens is 192 g/mol. The quantitative estimate of drug-likeness (QED) is 0.454. The minimum atomic E-state index is -0.385. The van der Waals surface area contributed by atoms with Crippen LogP contribution in [0.3, 0.4) is 0 Å². The standard InChI is InChI=1S/C11H14N2O2/c1-3-4-7-12-10-9(11(14)15-2)6-5-8-13-10/h3,5-6,8H,1,4,7H2,2H3,(H,12,13). The summed E-state index contributed by atoms with van der Waals surface area (Å²) in [5.41, 5.74) is 0.448. The fourth-order valence-corrected chi connectivity index (χ4v) is 1.11. The van der Waals surface area contributed by atoms with Crippen molar-refractivity contribution in [1.29, 1.82) is 0 Å². The van der Waals surface area contributed by atoms with Crippen molar-refractivity contribution < 1.29 is 9.53 Å². The predicted molar refractivity (Wildman–Crippen MR) is 58.9 cm³/mol. The van der Waals surface area contributed by atoms with Gasteiger partial charge in [0.05, 0.1) is 7.11 Å². The summed E-state index contributed by atoms with van der Waals surface area (Å²) in [6.07, 6.45) is 4.24. The Morgan fingerprint density at radius 2 is 2.53 bits per heavy atom. The fourth-order valence-electron chi connectivity index (χ4n) is 1.11. The van der Waals surface area contributed by atoms with Gasteiger partial charge in [0.1, 0.15) is 11.4 Å². The number of carbonyl (C=O) groups is 1. The molecular formula is C11H14N2O2. The van der Waals surface area contributed by atoms with Gasteiger partial charge in [-0.15, -0.1) is 6.58 Å². The lowest BCUT2D eigenvalue weighted by atomic mass is 10.2. The summed E-state index contributed by atoms with van der Waals surface area (Å²) in [5.74, 6) is 0.162. The molecule has 0 fully saturated rings. The third kappa shape index (κ3) is 3.09. The van der Waals surface area contributed by atoms with Crippen molar-refractivity contribution in [1.82, 2.24) is 4.98 Å². The van der Waals surface area contributed by atoms with Gasteiger partial charge < -0.3 is 10.1 Å². The Kier molecular flexibility index (Phi) is 4.34. The largest absolute Gasteiger partial charge is 0.465 e. The van der Waals surface area contributed by atoms with Crippen molar-refractivity contribution in [2.75, 3.05) is 19.0 Å². The number of pyridine rings is 1. The number of aromatic nitrogens is 1. The van der Waals surface area contributed by atoms with Gasteiger partial charge >= 0.3 is 5.97 Å². The lowest BCUT2D eigenvalue weighted by Gasteiger charge is -2.07. The van der Waals surface area contributed by atoms with E-state index in [1.165, 1.54) is 7.11 Å². The van der Waals surface area contributed by atoms with Crippen LogP contribution in [0.5, 0.6) is 0 Å². The first kappa shape index (κ1) is 11.2. The van der Waals surface area contributed by atoms with Crippen LogP contribution in [0.15, 0.2) is 31.0 Å². The molecule has 0 aliphatic carbocycles. The van der Waals surface area contributed by atoms with E-state index in [0.29, 0.717) is 17.9 Å². The van der Waals surface area contributed by atoms with Gasteiger partial charge in [0, 0.05) is 12.7 Å². The van der Waals surface area contributed by atoms with Crippen LogP contribution in [0.1, 0.15) is 16.8 Å². The number of carbonyl (C=O) groups excluding carboxylic acids is 1. The topological polar surface area (TPSA) is 51.2 Å². The number of hydrogen-bond acceptors (Lipinski definition) is 4. The summed E-state index contributed by atoms with van der Waals surface area (Å²) in [5, 5.41) is 3.05. The van der Waals surface area contributed by atoms with E-state index in [1.807, 2.05) is 0 Å². The van der Waals surface area contributed by atoms with Gasteiger partial charge in [-0.05, 0) is 18.6 Å². The molecule has 0 radical (unpaired) electrons. The van der Waals surface area contributed by atoms with Gasteiger partial charge in [0.15, 0.2) is 0 Å². The lowest BCUT2D eigenvalue weighted by molar-refractivity contribution is 0.0601. The van der Waals surface area contributed by atoms with E-state index >= 15 is 0 Å². The van der Waals surface area contributed by atoms with Gasteiger partial charge in [-0.2, -0.15) is 0 Å². The second-order valence-electron chi connectivity index (χ2n) is 2.90. The van der Waals surface area contributed by atoms with Gasteiger partial charge in [-0.25, -0.2) is 9.78 Å². The van der Waals surface area contributed by atoms with E-state index in [0.717, 1.165) is 6.42 Å². The highest BCUT2D eigenvalue weighted by Crippen LogP contribution is 2.12. The van der Waals surface area contributed by atoms with Crippen molar-refractivity contribution in [3.05, 3.63) is 36.5 Å². The number of hydrogen-bond donors (Lipinski definition) is 1. The molecule has 1 rings (SSSR count). The molecule has 0 aromatic carbocycles. The molecule has 15 heavy (non-hydrogen) atoms. The third-order valence-corrected chi connectivity index (χ3v) is 1.85. The molecule has 0 saturated carbocycles. The minimum absolute atomic E-state index is 0.385. The van der Waals surface area contributed by atoms with E-state index in [-0.39, 0.29) is 5.97 Å². The summed E-state index contributed by atoms with van der Waals surface area (Å²) in [4.78, 5) is 15.4. The Hall–Kier alpha value is -1.84. The Morgan fingerprint density at radius 1 is 1.73 bits per heavy atom. The van der Waals surface area contributed by atoms with Crippen LogP contribution in [0.2, 0.25) is 0 Å². The number of rotatable bonds is 5. The molecule has 0 atom stereocenters. The van der Waals surface area contributed by atoms with Crippen molar-refractivity contribution in [2.24, 2.45) is 0 Å². The first-order valence-corrected chi connectivity index (χ1v) is 4.67. The Bertz CT molecular complexity index is 350. The van der Waals surface area contributed by atoms with Crippen molar-refractivity contribution in [3.8, 4) is 0 Å². The molecule has 0 unspecified atom stereocenters. The number of methoxy groups -OCH3 is 1. The highest BCUT2D eigenvalue weighted by molar-refractivity contribution is 5.94. The van der Waals surface area contributed by atoms with Crippen LogP contribution >= 0.6 is 0 Å². The molecule has 4 nitrogen and oxygen atoms in total. The molecule has 0 amide bonds. The molecule has 4 heteroatoms. The first-order chi connectivity index (χ1) is 7.29. The summed E-state index contributed by atoms with van der Waals surface area (Å²) >= 11 is 0. The summed E-state index contributed by atoms with van der Waals surface area (Å²) in [6, 6.07) is 3.38. The molecule has 1 N–H and O–H groups in total. The van der Waals surface area contributed by atoms with Gasteiger partial charge in [0.25, 0.3) is 0 Å². The second-order valence-corrected chi connectivity index (χ2v) is 2.90. The van der Waals surface area contributed by atoms with E-state index in [2.05, 4.69) is 21.6 Å². The maximum Gasteiger partial charge on any atom is 0.341 e. The predicted octanol–water partition coefficient (Wildman–Crippen LogP) is 1.86. The molecule has 0 saturated heterocycles. The smallest absolute Gasteiger partial charge is 0.341 e. The van der Waals surface area contributed by atoms with E-state index in [9.17, 15) is 4.79 Å². The monoisotopic (exact) mass is 206 g/mol. The Balaban J connectivity index is 2.76. The SMILES string of the molecule is C=CCCNc1ncccc1C(=O)OC. The third-order valence-electron chi connectivity index (χ3n) is 1.85. The van der Waals surface area contributed by atoms with E-state index < -0.39 is 0 Å². The van der Waals surface area contributed by atoms with Gasteiger partial charge in [-0.3, -0.25) is 0 Å². The van der Waals surface area contributed by atoms with E-state index in [1.54, 1.807) is 24.4 Å². The van der Waals surface area contributed by atoms with Crippen molar-refractivity contribution in [3.63, 3.8) is 0 Å². The summed E-state index contributed by atoms with van der Waals surface area (Å²) < 4.78 is 4.64. The highest BCUT2D eigenvalue weighted by atomic mass is 16.5. The maximum atomic E-state index is 11.3. The summed E-state index contributed by atoms with van der Waals surface area (Å²) in [6.45, 7) is 4.31. The molecule has 0 aliphatic rings. The van der Waals surface area contributed by atoms with Gasteiger partial charge in [-0.1, -0.05) is 6.08 Å². The van der Waals surface area contributed by atoms with Crippen LogP contribution < -0.4 is 5.32 Å². The highest BCUT2D eigenvalue weighted by Gasteiger charge is 2.11. The molecule has 80 valence electrons. The normalized spacial score (nSPS) is 9.40. The molecule has 0 aliphatic heterocycles. The average Bonchev–Trinajstić information content (AvgIpc) is 2.29. The Labute approximate surface area is 89.0 Å². The number of nitrogens with zero attached hydrogens (tertiary/aromatic N) is 1. The van der Waals surface area contributed by atoms with E-state index in [4.69, 9.17) is 0 Å². The zero-order valence-corrected chi connectivity index (χ0v) is 8.69. The molecule has 0 bridgehead atoms. The molecule has 1 heterocycles. The molecule has 0 spiro atoms. The van der Waals surface area contributed by atoms with Crippen LogP contribution in [0, 0.1) is 0 Å². The number of anilines is 1. The number of esters is 1.